The third-order valence-electron chi connectivity index (χ3n) is 3.50. The Morgan fingerprint density at radius 3 is 2.84 bits per heavy atom. The van der Waals surface area contributed by atoms with Crippen LogP contribution in [0.1, 0.15) is 29.6 Å². The van der Waals surface area contributed by atoms with Crippen LogP contribution in [0.5, 0.6) is 11.5 Å². The number of ether oxygens (including phenoxy) is 1. The lowest BCUT2D eigenvalue weighted by Gasteiger charge is -2.13. The second-order valence-corrected chi connectivity index (χ2v) is 5.86. The first-order valence-electron chi connectivity index (χ1n) is 6.34. The van der Waals surface area contributed by atoms with Gasteiger partial charge in [0, 0.05) is 17.4 Å². The Balaban J connectivity index is 2.00. The lowest BCUT2D eigenvalue weighted by molar-refractivity contribution is 0.0935. The molecule has 1 amide bonds. The topological polar surface area (TPSA) is 58.6 Å². The maximum Gasteiger partial charge on any atom is 0.255 e. The van der Waals surface area contributed by atoms with Crippen LogP contribution in [0.15, 0.2) is 18.2 Å². The molecule has 0 bridgehead atoms. The van der Waals surface area contributed by atoms with E-state index >= 15 is 0 Å². The summed E-state index contributed by atoms with van der Waals surface area (Å²) in [4.78, 5) is 12.1. The summed E-state index contributed by atoms with van der Waals surface area (Å²) >= 11 is 1.85. The fraction of sp³-hybridized carbons (Fsp3) is 0.500. The minimum atomic E-state index is -0.216. The first-order valence-corrected chi connectivity index (χ1v) is 7.63. The van der Waals surface area contributed by atoms with Crippen LogP contribution >= 0.6 is 11.8 Å². The van der Waals surface area contributed by atoms with Crippen LogP contribution in [0.2, 0.25) is 0 Å². The monoisotopic (exact) mass is 281 g/mol. The predicted molar refractivity (Wildman–Crippen MR) is 77.1 cm³/mol. The number of amides is 1. The van der Waals surface area contributed by atoms with Crippen molar-refractivity contribution in [1.82, 2.24) is 5.32 Å². The molecular formula is C14H19NO3S. The highest BCUT2D eigenvalue weighted by Crippen LogP contribution is 2.29. The van der Waals surface area contributed by atoms with Crippen molar-refractivity contribution in [1.29, 1.82) is 0 Å². The normalized spacial score (nSPS) is 22.2. The van der Waals surface area contributed by atoms with Gasteiger partial charge in [0.1, 0.15) is 11.5 Å². The van der Waals surface area contributed by atoms with E-state index in [-0.39, 0.29) is 17.7 Å². The number of phenolic OH excluding ortho intramolecular Hbond substituents is 1. The summed E-state index contributed by atoms with van der Waals surface area (Å²) in [7, 11) is 1.52. The van der Waals surface area contributed by atoms with Crippen molar-refractivity contribution in [2.24, 2.45) is 0 Å². The van der Waals surface area contributed by atoms with Crippen molar-refractivity contribution in [2.75, 3.05) is 13.4 Å². The molecule has 2 N–H and O–H groups in total. The number of rotatable bonds is 4. The lowest BCUT2D eigenvalue weighted by atomic mass is 10.1. The first-order chi connectivity index (χ1) is 9.13. The third-order valence-corrected chi connectivity index (χ3v) is 4.60. The summed E-state index contributed by atoms with van der Waals surface area (Å²) in [5.74, 6) is 0.278. The van der Waals surface area contributed by atoms with Gasteiger partial charge in [-0.25, -0.2) is 0 Å². The van der Waals surface area contributed by atoms with Gasteiger partial charge in [-0.2, -0.15) is 11.8 Å². The van der Waals surface area contributed by atoms with Crippen LogP contribution in [-0.4, -0.2) is 35.7 Å². The van der Waals surface area contributed by atoms with Gasteiger partial charge in [-0.3, -0.25) is 4.79 Å². The molecule has 2 unspecified atom stereocenters. The fourth-order valence-electron chi connectivity index (χ4n) is 2.38. The number of hydrogen-bond donors (Lipinski definition) is 2. The van der Waals surface area contributed by atoms with E-state index in [1.807, 2.05) is 11.8 Å². The molecule has 0 spiro atoms. The number of benzene rings is 1. The van der Waals surface area contributed by atoms with Crippen molar-refractivity contribution >= 4 is 17.7 Å². The second-order valence-electron chi connectivity index (χ2n) is 4.72. The van der Waals surface area contributed by atoms with E-state index < -0.39 is 0 Å². The van der Waals surface area contributed by atoms with Crippen LogP contribution in [0, 0.1) is 0 Å². The number of hydrogen-bond acceptors (Lipinski definition) is 4. The van der Waals surface area contributed by atoms with E-state index in [0.717, 1.165) is 19.3 Å². The molecule has 2 rings (SSSR count). The largest absolute Gasteiger partial charge is 0.507 e. The Morgan fingerprint density at radius 2 is 2.26 bits per heavy atom. The summed E-state index contributed by atoms with van der Waals surface area (Å²) in [6.07, 6.45) is 5.25. The Labute approximate surface area is 117 Å². The molecule has 19 heavy (non-hydrogen) atoms. The number of carbonyl (C=O) groups is 1. The molecule has 0 heterocycles. The molecule has 1 saturated carbocycles. The Hall–Kier alpha value is -1.36. The number of methoxy groups -OCH3 is 1. The summed E-state index contributed by atoms with van der Waals surface area (Å²) in [5, 5.41) is 13.4. The van der Waals surface area contributed by atoms with Crippen LogP contribution in [-0.2, 0) is 0 Å². The highest BCUT2D eigenvalue weighted by molar-refractivity contribution is 7.99. The summed E-state index contributed by atoms with van der Waals surface area (Å²) in [6.45, 7) is 0. The summed E-state index contributed by atoms with van der Waals surface area (Å²) in [5.41, 5.74) is 0.299. The van der Waals surface area contributed by atoms with Gasteiger partial charge in [-0.05, 0) is 37.7 Å². The van der Waals surface area contributed by atoms with Crippen molar-refractivity contribution in [3.8, 4) is 11.5 Å². The van der Waals surface area contributed by atoms with Crippen molar-refractivity contribution < 1.29 is 14.6 Å². The van der Waals surface area contributed by atoms with Crippen LogP contribution in [0.25, 0.3) is 0 Å². The van der Waals surface area contributed by atoms with Gasteiger partial charge in [-0.15, -0.1) is 0 Å². The van der Waals surface area contributed by atoms with E-state index in [2.05, 4.69) is 11.6 Å². The van der Waals surface area contributed by atoms with Crippen molar-refractivity contribution in [3.63, 3.8) is 0 Å². The quantitative estimate of drug-likeness (QED) is 0.890. The molecule has 0 aromatic heterocycles. The molecule has 1 aromatic rings. The zero-order chi connectivity index (χ0) is 13.8. The van der Waals surface area contributed by atoms with Gasteiger partial charge >= 0.3 is 0 Å². The molecule has 0 aliphatic heterocycles. The fourth-order valence-corrected chi connectivity index (χ4v) is 3.18. The summed E-state index contributed by atoms with van der Waals surface area (Å²) in [6, 6.07) is 4.93. The summed E-state index contributed by atoms with van der Waals surface area (Å²) < 4.78 is 5.00. The molecule has 1 fully saturated rings. The average Bonchev–Trinajstić information content (AvgIpc) is 2.86. The van der Waals surface area contributed by atoms with E-state index in [0.29, 0.717) is 16.6 Å². The number of phenols is 1. The van der Waals surface area contributed by atoms with Crippen molar-refractivity contribution in [2.45, 2.75) is 30.6 Å². The number of thioether (sulfide) groups is 1. The Morgan fingerprint density at radius 1 is 1.47 bits per heavy atom. The van der Waals surface area contributed by atoms with Crippen LogP contribution in [0.4, 0.5) is 0 Å². The Bertz CT molecular complexity index is 464. The SMILES string of the molecule is COc1ccc(C(=O)NC2CCC(SC)C2)c(O)c1. The van der Waals surface area contributed by atoms with Gasteiger partial charge in [0.2, 0.25) is 0 Å². The van der Waals surface area contributed by atoms with Gasteiger partial charge < -0.3 is 15.2 Å². The molecule has 0 radical (unpaired) electrons. The minimum absolute atomic E-state index is 0.0451. The maximum atomic E-state index is 12.1. The van der Waals surface area contributed by atoms with Crippen LogP contribution in [0.3, 0.4) is 0 Å². The van der Waals surface area contributed by atoms with Gasteiger partial charge in [0.25, 0.3) is 5.91 Å². The average molecular weight is 281 g/mol. The zero-order valence-electron chi connectivity index (χ0n) is 11.2. The molecular weight excluding hydrogens is 262 g/mol. The van der Waals surface area contributed by atoms with E-state index in [9.17, 15) is 9.90 Å². The number of aromatic hydroxyl groups is 1. The maximum absolute atomic E-state index is 12.1. The minimum Gasteiger partial charge on any atom is -0.507 e. The molecule has 0 saturated heterocycles. The molecule has 2 atom stereocenters. The van der Waals surface area contributed by atoms with E-state index in [1.165, 1.54) is 13.2 Å². The van der Waals surface area contributed by atoms with E-state index in [4.69, 9.17) is 4.74 Å². The second kappa shape index (κ2) is 6.19. The smallest absolute Gasteiger partial charge is 0.255 e. The van der Waals surface area contributed by atoms with Crippen molar-refractivity contribution in [3.05, 3.63) is 23.8 Å². The molecule has 1 aliphatic rings. The van der Waals surface area contributed by atoms with Crippen LogP contribution < -0.4 is 10.1 Å². The molecule has 5 heteroatoms. The lowest BCUT2D eigenvalue weighted by Crippen LogP contribution is -2.33. The first kappa shape index (κ1) is 14.1. The molecule has 1 aromatic carbocycles. The number of nitrogens with one attached hydrogen (secondary N) is 1. The number of carbonyl (C=O) groups excluding carboxylic acids is 1. The van der Waals surface area contributed by atoms with Gasteiger partial charge in [0.05, 0.1) is 12.7 Å². The molecule has 4 nitrogen and oxygen atoms in total. The highest BCUT2D eigenvalue weighted by Gasteiger charge is 2.26. The molecule has 104 valence electrons. The highest BCUT2D eigenvalue weighted by atomic mass is 32.2. The van der Waals surface area contributed by atoms with Gasteiger partial charge in [-0.1, -0.05) is 0 Å². The predicted octanol–water partition coefficient (Wildman–Crippen LogP) is 2.41. The third kappa shape index (κ3) is 3.35. The molecule has 1 aliphatic carbocycles. The van der Waals surface area contributed by atoms with Gasteiger partial charge in [0.15, 0.2) is 0 Å². The van der Waals surface area contributed by atoms with E-state index in [1.54, 1.807) is 12.1 Å². The zero-order valence-corrected chi connectivity index (χ0v) is 12.0. The Kier molecular flexibility index (Phi) is 4.58. The standard InChI is InChI=1S/C14H19NO3S/c1-18-10-4-6-12(13(16)8-10)14(17)15-9-3-5-11(7-9)19-2/h4,6,8-9,11,16H,3,5,7H2,1-2H3,(H,15,17).